The fraction of sp³-hybridized carbons (Fsp3) is 0.385. The summed E-state index contributed by atoms with van der Waals surface area (Å²) in [4.78, 5) is 1.02. The first-order valence-electron chi connectivity index (χ1n) is 6.08. The highest BCUT2D eigenvalue weighted by atomic mass is 32.2. The lowest BCUT2D eigenvalue weighted by Gasteiger charge is -2.11. The van der Waals surface area contributed by atoms with Gasteiger partial charge in [-0.25, -0.2) is 4.39 Å². The summed E-state index contributed by atoms with van der Waals surface area (Å²) in [5, 5.41) is 11.1. The van der Waals surface area contributed by atoms with Gasteiger partial charge in [0.1, 0.15) is 11.3 Å². The molecule has 0 amide bonds. The third-order valence-corrected chi connectivity index (χ3v) is 4.32. The normalized spacial score (nSPS) is 11.2. The predicted molar refractivity (Wildman–Crippen MR) is 77.0 cm³/mol. The molecule has 0 aliphatic carbocycles. The largest absolute Gasteiger partial charge is 0.312 e. The lowest BCUT2D eigenvalue weighted by atomic mass is 10.2. The van der Waals surface area contributed by atoms with Crippen LogP contribution in [0, 0.1) is 11.7 Å². The zero-order valence-corrected chi connectivity index (χ0v) is 12.5. The van der Waals surface area contributed by atoms with Gasteiger partial charge in [0.2, 0.25) is 0 Å². The van der Waals surface area contributed by atoms with E-state index in [-0.39, 0.29) is 5.82 Å². The van der Waals surface area contributed by atoms with Crippen molar-refractivity contribution in [2.45, 2.75) is 29.6 Å². The van der Waals surface area contributed by atoms with E-state index in [1.165, 1.54) is 29.2 Å². The van der Waals surface area contributed by atoms with Gasteiger partial charge < -0.3 is 5.32 Å². The van der Waals surface area contributed by atoms with Gasteiger partial charge in [-0.3, -0.25) is 0 Å². The number of nitrogens with one attached hydrogen (secondary N) is 1. The lowest BCUT2D eigenvalue weighted by Crippen LogP contribution is -2.19. The van der Waals surface area contributed by atoms with Crippen LogP contribution in [0.1, 0.15) is 19.4 Å². The van der Waals surface area contributed by atoms with E-state index >= 15 is 0 Å². The molecule has 1 heterocycles. The fourth-order valence-electron chi connectivity index (χ4n) is 1.58. The third kappa shape index (κ3) is 4.56. The van der Waals surface area contributed by atoms with Gasteiger partial charge >= 0.3 is 0 Å². The molecule has 1 aromatic carbocycles. The Hall–Kier alpha value is -0.980. The molecule has 0 radical (unpaired) electrons. The Balaban J connectivity index is 2.08. The summed E-state index contributed by atoms with van der Waals surface area (Å²) in [6.45, 7) is 5.88. The second kappa shape index (κ2) is 6.98. The molecule has 1 aromatic heterocycles. The van der Waals surface area contributed by atoms with Crippen LogP contribution in [0.2, 0.25) is 0 Å². The van der Waals surface area contributed by atoms with E-state index in [4.69, 9.17) is 0 Å². The molecule has 0 aliphatic rings. The van der Waals surface area contributed by atoms with Gasteiger partial charge in [0, 0.05) is 11.4 Å². The number of aromatic nitrogens is 2. The summed E-state index contributed by atoms with van der Waals surface area (Å²) >= 11 is 3.01. The van der Waals surface area contributed by atoms with Crippen LogP contribution in [0.3, 0.4) is 0 Å². The van der Waals surface area contributed by atoms with Gasteiger partial charge in [0.15, 0.2) is 4.34 Å². The maximum Gasteiger partial charge on any atom is 0.178 e. The molecular formula is C13H16FN3S2. The quantitative estimate of drug-likeness (QED) is 0.884. The third-order valence-electron chi connectivity index (χ3n) is 2.43. The fourth-order valence-corrected chi connectivity index (χ4v) is 3.13. The lowest BCUT2D eigenvalue weighted by molar-refractivity contribution is 0.547. The molecule has 2 aromatic rings. The summed E-state index contributed by atoms with van der Waals surface area (Å²) in [7, 11) is 0. The molecule has 0 atom stereocenters. The first-order chi connectivity index (χ1) is 9.15. The Morgan fingerprint density at radius 1 is 1.42 bits per heavy atom. The van der Waals surface area contributed by atoms with Crippen LogP contribution in [0.15, 0.2) is 32.9 Å². The Morgan fingerprint density at radius 3 is 2.95 bits per heavy atom. The van der Waals surface area contributed by atoms with Gasteiger partial charge in [-0.1, -0.05) is 36.9 Å². The van der Waals surface area contributed by atoms with Crippen molar-refractivity contribution in [3.8, 4) is 0 Å². The monoisotopic (exact) mass is 297 g/mol. The summed E-state index contributed by atoms with van der Waals surface area (Å²) in [5.41, 5.74) is 2.66. The summed E-state index contributed by atoms with van der Waals surface area (Å²) in [6, 6.07) is 4.86. The summed E-state index contributed by atoms with van der Waals surface area (Å²) in [5.74, 6) is 0.371. The van der Waals surface area contributed by atoms with Crippen LogP contribution in [-0.4, -0.2) is 16.7 Å². The van der Waals surface area contributed by atoms with E-state index in [1.54, 1.807) is 17.6 Å². The molecule has 0 saturated carbocycles. The van der Waals surface area contributed by atoms with Crippen LogP contribution < -0.4 is 5.32 Å². The van der Waals surface area contributed by atoms with Crippen LogP contribution in [0.5, 0.6) is 0 Å². The molecule has 6 heteroatoms. The molecule has 19 heavy (non-hydrogen) atoms. The van der Waals surface area contributed by atoms with Gasteiger partial charge in [0.05, 0.1) is 0 Å². The Kier molecular flexibility index (Phi) is 5.30. The molecule has 0 saturated heterocycles. The molecule has 1 N–H and O–H groups in total. The van der Waals surface area contributed by atoms with Crippen molar-refractivity contribution >= 4 is 23.1 Å². The second-order valence-corrected chi connectivity index (χ2v) is 6.71. The van der Waals surface area contributed by atoms with Crippen LogP contribution in [-0.2, 0) is 6.54 Å². The number of nitrogens with zero attached hydrogens (tertiary/aromatic N) is 2. The Labute approximate surface area is 120 Å². The smallest absolute Gasteiger partial charge is 0.178 e. The average Bonchev–Trinajstić information content (AvgIpc) is 2.85. The van der Waals surface area contributed by atoms with Gasteiger partial charge in [0.25, 0.3) is 0 Å². The predicted octanol–water partition coefficient (Wildman–Crippen LogP) is 3.57. The average molecular weight is 297 g/mol. The van der Waals surface area contributed by atoms with E-state index < -0.39 is 0 Å². The molecule has 0 aliphatic heterocycles. The Morgan fingerprint density at radius 2 is 2.26 bits per heavy atom. The van der Waals surface area contributed by atoms with Gasteiger partial charge in [-0.2, -0.15) is 0 Å². The first kappa shape index (κ1) is 14.4. The number of benzene rings is 1. The van der Waals surface area contributed by atoms with Crippen molar-refractivity contribution in [3.63, 3.8) is 0 Å². The number of rotatable bonds is 6. The second-order valence-electron chi connectivity index (χ2n) is 4.58. The highest BCUT2D eigenvalue weighted by molar-refractivity contribution is 8.01. The molecule has 102 valence electrons. The van der Waals surface area contributed by atoms with Gasteiger partial charge in [-0.05, 0) is 36.2 Å². The van der Waals surface area contributed by atoms with E-state index in [0.717, 1.165) is 21.3 Å². The highest BCUT2D eigenvalue weighted by Crippen LogP contribution is 2.31. The van der Waals surface area contributed by atoms with E-state index in [2.05, 4.69) is 29.4 Å². The molecule has 2 rings (SSSR count). The van der Waals surface area contributed by atoms with Crippen molar-refractivity contribution in [1.29, 1.82) is 0 Å². The number of halogens is 1. The molecule has 3 nitrogen and oxygen atoms in total. The maximum atomic E-state index is 13.3. The standard InChI is InChI=1S/C13H16FN3S2/c1-9(2)6-15-7-10-5-11(14)3-4-12(10)19-13-17-16-8-18-13/h3-5,8-9,15H,6-7H2,1-2H3. The highest BCUT2D eigenvalue weighted by Gasteiger charge is 2.08. The van der Waals surface area contributed by atoms with Gasteiger partial charge in [-0.15, -0.1) is 10.2 Å². The maximum absolute atomic E-state index is 13.3. The minimum Gasteiger partial charge on any atom is -0.312 e. The zero-order chi connectivity index (χ0) is 13.7. The van der Waals surface area contributed by atoms with Crippen LogP contribution >= 0.6 is 23.1 Å². The van der Waals surface area contributed by atoms with E-state index in [0.29, 0.717) is 12.5 Å². The van der Waals surface area contributed by atoms with Crippen molar-refractivity contribution in [2.24, 2.45) is 5.92 Å². The van der Waals surface area contributed by atoms with Crippen molar-refractivity contribution in [3.05, 3.63) is 35.1 Å². The molecule has 0 spiro atoms. The van der Waals surface area contributed by atoms with Crippen molar-refractivity contribution in [2.75, 3.05) is 6.54 Å². The van der Waals surface area contributed by atoms with E-state index in [9.17, 15) is 4.39 Å². The minimum absolute atomic E-state index is 0.206. The summed E-state index contributed by atoms with van der Waals surface area (Å²) < 4.78 is 14.2. The SMILES string of the molecule is CC(C)CNCc1cc(F)ccc1Sc1nncs1. The topological polar surface area (TPSA) is 37.8 Å². The molecule has 0 fully saturated rings. The van der Waals surface area contributed by atoms with E-state index in [1.807, 2.05) is 0 Å². The molecule has 0 unspecified atom stereocenters. The van der Waals surface area contributed by atoms with Crippen LogP contribution in [0.25, 0.3) is 0 Å². The Bertz CT molecular complexity index is 515. The van der Waals surface area contributed by atoms with Crippen molar-refractivity contribution in [1.82, 2.24) is 15.5 Å². The summed E-state index contributed by atoms with van der Waals surface area (Å²) in [6.07, 6.45) is 0. The minimum atomic E-state index is -0.206. The zero-order valence-electron chi connectivity index (χ0n) is 10.9. The number of hydrogen-bond acceptors (Lipinski definition) is 5. The first-order valence-corrected chi connectivity index (χ1v) is 7.78. The molecular weight excluding hydrogens is 281 g/mol. The van der Waals surface area contributed by atoms with Crippen LogP contribution in [0.4, 0.5) is 4.39 Å². The molecule has 0 bridgehead atoms. The number of hydrogen-bond donors (Lipinski definition) is 1. The van der Waals surface area contributed by atoms with Crippen molar-refractivity contribution < 1.29 is 4.39 Å².